The van der Waals surface area contributed by atoms with Gasteiger partial charge in [0.15, 0.2) is 0 Å². The highest BCUT2D eigenvalue weighted by molar-refractivity contribution is 9.10. The monoisotopic (exact) mass is 336 g/mol. The van der Waals surface area contributed by atoms with Gasteiger partial charge >= 0.3 is 0 Å². The van der Waals surface area contributed by atoms with Gasteiger partial charge in [-0.05, 0) is 56.1 Å². The minimum Gasteiger partial charge on any atom is -0.317 e. The molecule has 0 aliphatic carbocycles. The van der Waals surface area contributed by atoms with Crippen LogP contribution in [0.5, 0.6) is 0 Å². The van der Waals surface area contributed by atoms with Gasteiger partial charge in [0.05, 0.1) is 0 Å². The number of nitrogens with zero attached hydrogens (tertiary/aromatic N) is 1. The van der Waals surface area contributed by atoms with Crippen LogP contribution in [0, 0.1) is 5.82 Å². The molecule has 0 saturated carbocycles. The van der Waals surface area contributed by atoms with Crippen molar-refractivity contribution in [2.45, 2.75) is 25.3 Å². The Morgan fingerprint density at radius 2 is 2.15 bits per heavy atom. The lowest BCUT2D eigenvalue weighted by molar-refractivity contribution is 0.502. The predicted molar refractivity (Wildman–Crippen MR) is 83.2 cm³/mol. The van der Waals surface area contributed by atoms with E-state index in [9.17, 15) is 4.39 Å². The zero-order valence-electron chi connectivity index (χ0n) is 11.4. The molecule has 0 saturated heterocycles. The average molecular weight is 337 g/mol. The van der Waals surface area contributed by atoms with Gasteiger partial charge < -0.3 is 5.32 Å². The summed E-state index contributed by atoms with van der Waals surface area (Å²) in [5.41, 5.74) is 1.82. The first-order chi connectivity index (χ1) is 9.69. The molecule has 1 heterocycles. The van der Waals surface area contributed by atoms with Crippen LogP contribution in [-0.2, 0) is 12.8 Å². The Morgan fingerprint density at radius 3 is 2.80 bits per heavy atom. The fourth-order valence-corrected chi connectivity index (χ4v) is 2.50. The van der Waals surface area contributed by atoms with Gasteiger partial charge in [0.2, 0.25) is 0 Å². The first kappa shape index (κ1) is 15.1. The van der Waals surface area contributed by atoms with Crippen LogP contribution in [0.15, 0.2) is 47.1 Å². The molecule has 1 aromatic heterocycles. The molecule has 0 fully saturated rings. The van der Waals surface area contributed by atoms with Crippen molar-refractivity contribution in [3.63, 3.8) is 0 Å². The Bertz CT molecular complexity index is 545. The van der Waals surface area contributed by atoms with Crippen molar-refractivity contribution < 1.29 is 4.39 Å². The maximum atomic E-state index is 13.8. The van der Waals surface area contributed by atoms with Crippen molar-refractivity contribution in [3.8, 4) is 0 Å². The van der Waals surface area contributed by atoms with Gasteiger partial charge in [-0.25, -0.2) is 4.39 Å². The number of halogens is 2. The third-order valence-electron chi connectivity index (χ3n) is 3.36. The van der Waals surface area contributed by atoms with Gasteiger partial charge in [0, 0.05) is 22.4 Å². The summed E-state index contributed by atoms with van der Waals surface area (Å²) in [5.74, 6) is -0.155. The summed E-state index contributed by atoms with van der Waals surface area (Å²) in [6, 6.07) is 11.4. The number of hydrogen-bond acceptors (Lipinski definition) is 2. The average Bonchev–Trinajstić information content (AvgIpc) is 2.46. The molecule has 1 unspecified atom stereocenters. The first-order valence-corrected chi connectivity index (χ1v) is 7.49. The lowest BCUT2D eigenvalue weighted by Gasteiger charge is -2.16. The topological polar surface area (TPSA) is 24.9 Å². The molecule has 0 bridgehead atoms. The quantitative estimate of drug-likeness (QED) is 0.868. The molecule has 1 N–H and O–H groups in total. The summed E-state index contributed by atoms with van der Waals surface area (Å²) in [6.07, 6.45) is 4.31. The highest BCUT2D eigenvalue weighted by atomic mass is 79.9. The van der Waals surface area contributed by atoms with E-state index in [1.807, 2.05) is 37.4 Å². The summed E-state index contributed by atoms with van der Waals surface area (Å²) in [7, 11) is 1.92. The van der Waals surface area contributed by atoms with E-state index >= 15 is 0 Å². The van der Waals surface area contributed by atoms with Crippen LogP contribution in [-0.4, -0.2) is 18.1 Å². The highest BCUT2D eigenvalue weighted by Crippen LogP contribution is 2.17. The van der Waals surface area contributed by atoms with Gasteiger partial charge in [-0.1, -0.05) is 28.1 Å². The lowest BCUT2D eigenvalue weighted by atomic mass is 10.0. The molecular formula is C16H18BrFN2. The van der Waals surface area contributed by atoms with E-state index in [0.717, 1.165) is 28.6 Å². The van der Waals surface area contributed by atoms with Crippen LogP contribution >= 0.6 is 15.9 Å². The van der Waals surface area contributed by atoms with Crippen molar-refractivity contribution in [2.75, 3.05) is 7.05 Å². The van der Waals surface area contributed by atoms with Crippen LogP contribution in [0.25, 0.3) is 0 Å². The molecule has 1 aromatic carbocycles. The minimum atomic E-state index is -0.155. The molecule has 20 heavy (non-hydrogen) atoms. The summed E-state index contributed by atoms with van der Waals surface area (Å²) in [6.45, 7) is 0. The number of aryl methyl sites for hydroxylation is 1. The maximum absolute atomic E-state index is 13.8. The van der Waals surface area contributed by atoms with Gasteiger partial charge in [-0.3, -0.25) is 4.98 Å². The molecule has 2 aromatic rings. The second kappa shape index (κ2) is 7.50. The van der Waals surface area contributed by atoms with Crippen LogP contribution in [0.3, 0.4) is 0 Å². The standard InChI is InChI=1S/C16H18BrFN2/c1-19-15(8-7-14-4-2-3-9-20-14)10-12-5-6-13(17)11-16(12)18/h2-6,9,11,15,19H,7-8,10H2,1H3. The number of hydrogen-bond donors (Lipinski definition) is 1. The van der Waals surface area contributed by atoms with E-state index in [-0.39, 0.29) is 11.9 Å². The number of rotatable bonds is 6. The van der Waals surface area contributed by atoms with Crippen molar-refractivity contribution in [1.29, 1.82) is 0 Å². The number of aromatic nitrogens is 1. The molecule has 2 nitrogen and oxygen atoms in total. The summed E-state index contributed by atoms with van der Waals surface area (Å²) >= 11 is 3.28. The maximum Gasteiger partial charge on any atom is 0.127 e. The molecular weight excluding hydrogens is 319 g/mol. The van der Waals surface area contributed by atoms with E-state index < -0.39 is 0 Å². The molecule has 0 spiro atoms. The van der Waals surface area contributed by atoms with Gasteiger partial charge in [0.25, 0.3) is 0 Å². The normalized spacial score (nSPS) is 12.3. The largest absolute Gasteiger partial charge is 0.317 e. The molecule has 0 radical (unpaired) electrons. The molecule has 4 heteroatoms. The van der Waals surface area contributed by atoms with Crippen molar-refractivity contribution in [3.05, 3.63) is 64.1 Å². The fraction of sp³-hybridized carbons (Fsp3) is 0.312. The van der Waals surface area contributed by atoms with E-state index in [0.29, 0.717) is 6.42 Å². The minimum absolute atomic E-state index is 0.155. The van der Waals surface area contributed by atoms with Crippen LogP contribution < -0.4 is 5.32 Å². The molecule has 0 amide bonds. The molecule has 106 valence electrons. The van der Waals surface area contributed by atoms with Crippen molar-refractivity contribution in [2.24, 2.45) is 0 Å². The molecule has 2 rings (SSSR count). The van der Waals surface area contributed by atoms with E-state index in [4.69, 9.17) is 0 Å². The van der Waals surface area contributed by atoms with Gasteiger partial charge in [-0.15, -0.1) is 0 Å². The Kier molecular flexibility index (Phi) is 5.68. The van der Waals surface area contributed by atoms with E-state index in [1.165, 1.54) is 6.07 Å². The molecule has 0 aliphatic heterocycles. The predicted octanol–water partition coefficient (Wildman–Crippen LogP) is 3.75. The number of likely N-dealkylation sites (N-methyl/N-ethyl adjacent to an activating group) is 1. The zero-order chi connectivity index (χ0) is 14.4. The van der Waals surface area contributed by atoms with Gasteiger partial charge in [-0.2, -0.15) is 0 Å². The summed E-state index contributed by atoms with van der Waals surface area (Å²) in [4.78, 5) is 4.31. The number of benzene rings is 1. The lowest BCUT2D eigenvalue weighted by Crippen LogP contribution is -2.28. The Labute approximate surface area is 127 Å². The van der Waals surface area contributed by atoms with Gasteiger partial charge in [0.1, 0.15) is 5.82 Å². The SMILES string of the molecule is CNC(CCc1ccccn1)Cc1ccc(Br)cc1F. The second-order valence-corrected chi connectivity index (χ2v) is 5.70. The fourth-order valence-electron chi connectivity index (χ4n) is 2.17. The second-order valence-electron chi connectivity index (χ2n) is 4.79. The van der Waals surface area contributed by atoms with Crippen LogP contribution in [0.1, 0.15) is 17.7 Å². The molecule has 1 atom stereocenters. The summed E-state index contributed by atoms with van der Waals surface area (Å²) < 4.78 is 14.6. The first-order valence-electron chi connectivity index (χ1n) is 6.70. The number of pyridine rings is 1. The van der Waals surface area contributed by atoms with Crippen LogP contribution in [0.2, 0.25) is 0 Å². The van der Waals surface area contributed by atoms with E-state index in [1.54, 1.807) is 6.20 Å². The Morgan fingerprint density at radius 1 is 1.30 bits per heavy atom. The summed E-state index contributed by atoms with van der Waals surface area (Å²) in [5, 5.41) is 3.26. The number of nitrogens with one attached hydrogen (secondary N) is 1. The van der Waals surface area contributed by atoms with Crippen molar-refractivity contribution in [1.82, 2.24) is 10.3 Å². The smallest absolute Gasteiger partial charge is 0.127 e. The third kappa shape index (κ3) is 4.39. The Hall–Kier alpha value is -1.26. The highest BCUT2D eigenvalue weighted by Gasteiger charge is 2.11. The Balaban J connectivity index is 1.95. The van der Waals surface area contributed by atoms with Crippen LogP contribution in [0.4, 0.5) is 4.39 Å². The van der Waals surface area contributed by atoms with Crippen molar-refractivity contribution >= 4 is 15.9 Å². The third-order valence-corrected chi connectivity index (χ3v) is 3.86. The molecule has 0 aliphatic rings. The van der Waals surface area contributed by atoms with E-state index in [2.05, 4.69) is 26.2 Å². The zero-order valence-corrected chi connectivity index (χ0v) is 13.0.